The molecule has 0 aromatic carbocycles. The van der Waals surface area contributed by atoms with Gasteiger partial charge in [-0.05, 0) is 26.3 Å². The van der Waals surface area contributed by atoms with Gasteiger partial charge in [-0.2, -0.15) is 15.3 Å². The maximum Gasteiger partial charge on any atom is 0.226 e. The van der Waals surface area contributed by atoms with Crippen molar-refractivity contribution in [1.29, 1.82) is 0 Å². The molecule has 0 unspecified atom stereocenters. The standard InChI is InChI=1S/C18H25N5O2/c1-4-5-8-18(21-22-18)9-11-19-17(24)14-7-12-25-16(14)15-6-10-20-23(15)13(2)3/h1,6,10,13-14,16H,5,7-9,11-12H2,2-3H3,(H,19,24)/t14-,16-/m1/s1. The molecule has 1 saturated heterocycles. The van der Waals surface area contributed by atoms with Gasteiger partial charge < -0.3 is 10.1 Å². The second kappa shape index (κ2) is 7.36. The van der Waals surface area contributed by atoms with Crippen molar-refractivity contribution in [1.82, 2.24) is 15.1 Å². The van der Waals surface area contributed by atoms with Crippen LogP contribution in [0.15, 0.2) is 22.5 Å². The van der Waals surface area contributed by atoms with Crippen LogP contribution in [0, 0.1) is 18.3 Å². The first-order valence-corrected chi connectivity index (χ1v) is 8.86. The van der Waals surface area contributed by atoms with Crippen molar-refractivity contribution in [2.24, 2.45) is 16.1 Å². The molecule has 1 fully saturated rings. The summed E-state index contributed by atoms with van der Waals surface area (Å²) in [7, 11) is 0. The summed E-state index contributed by atoms with van der Waals surface area (Å²) in [4.78, 5) is 12.6. The number of ether oxygens (including phenoxy) is 1. The maximum atomic E-state index is 12.6. The summed E-state index contributed by atoms with van der Waals surface area (Å²) < 4.78 is 7.78. The van der Waals surface area contributed by atoms with E-state index in [0.29, 0.717) is 26.0 Å². The largest absolute Gasteiger partial charge is 0.371 e. The van der Waals surface area contributed by atoms with Crippen LogP contribution in [-0.4, -0.2) is 34.5 Å². The lowest BCUT2D eigenvalue weighted by atomic mass is 9.97. The fourth-order valence-electron chi connectivity index (χ4n) is 3.32. The summed E-state index contributed by atoms with van der Waals surface area (Å²) in [6, 6.07) is 2.17. The number of rotatable bonds is 8. The van der Waals surface area contributed by atoms with Crippen LogP contribution in [0.4, 0.5) is 0 Å². The Bertz CT molecular complexity index is 682. The molecule has 7 heteroatoms. The zero-order valence-electron chi connectivity index (χ0n) is 14.8. The van der Waals surface area contributed by atoms with Gasteiger partial charge >= 0.3 is 0 Å². The molecular weight excluding hydrogens is 318 g/mol. The van der Waals surface area contributed by atoms with E-state index < -0.39 is 0 Å². The summed E-state index contributed by atoms with van der Waals surface area (Å²) in [5.74, 6) is 2.44. The highest BCUT2D eigenvalue weighted by Crippen LogP contribution is 2.37. The number of carbonyl (C=O) groups excluding carboxylic acids is 1. The van der Waals surface area contributed by atoms with E-state index in [4.69, 9.17) is 11.2 Å². The van der Waals surface area contributed by atoms with E-state index in [2.05, 4.69) is 40.4 Å². The molecule has 2 atom stereocenters. The molecule has 3 heterocycles. The van der Waals surface area contributed by atoms with Crippen molar-refractivity contribution in [3.63, 3.8) is 0 Å². The Morgan fingerprint density at radius 3 is 3.00 bits per heavy atom. The Hall–Kier alpha value is -2.20. The van der Waals surface area contributed by atoms with Gasteiger partial charge in [-0.1, -0.05) is 0 Å². The minimum Gasteiger partial charge on any atom is -0.371 e. The van der Waals surface area contributed by atoms with Crippen LogP contribution in [0.2, 0.25) is 0 Å². The Kier molecular flexibility index (Phi) is 5.19. The molecule has 3 rings (SSSR count). The van der Waals surface area contributed by atoms with Crippen LogP contribution in [0.3, 0.4) is 0 Å². The molecule has 134 valence electrons. The van der Waals surface area contributed by atoms with Crippen LogP contribution in [0.5, 0.6) is 0 Å². The molecule has 7 nitrogen and oxygen atoms in total. The fourth-order valence-corrected chi connectivity index (χ4v) is 3.32. The molecule has 1 aromatic rings. The van der Waals surface area contributed by atoms with Gasteiger partial charge in [-0.3, -0.25) is 9.48 Å². The van der Waals surface area contributed by atoms with Crippen molar-refractivity contribution in [3.05, 3.63) is 18.0 Å². The lowest BCUT2D eigenvalue weighted by molar-refractivity contribution is -0.126. The predicted molar refractivity (Wildman–Crippen MR) is 92.7 cm³/mol. The Morgan fingerprint density at radius 1 is 1.52 bits per heavy atom. The molecule has 0 saturated carbocycles. The molecular formula is C18H25N5O2. The molecule has 2 aliphatic heterocycles. The first-order chi connectivity index (χ1) is 12.1. The van der Waals surface area contributed by atoms with E-state index in [1.165, 1.54) is 0 Å². The summed E-state index contributed by atoms with van der Waals surface area (Å²) in [5.41, 5.74) is 0.604. The molecule has 0 aliphatic carbocycles. The molecule has 0 spiro atoms. The summed E-state index contributed by atoms with van der Waals surface area (Å²) >= 11 is 0. The van der Waals surface area contributed by atoms with Gasteiger partial charge in [0.25, 0.3) is 0 Å². The van der Waals surface area contributed by atoms with Crippen LogP contribution in [0.25, 0.3) is 0 Å². The van der Waals surface area contributed by atoms with Crippen molar-refractivity contribution < 1.29 is 9.53 Å². The van der Waals surface area contributed by atoms with Gasteiger partial charge in [0.15, 0.2) is 5.66 Å². The number of terminal acetylenes is 1. The summed E-state index contributed by atoms with van der Waals surface area (Å²) in [6.07, 6.45) is 9.63. The quantitative estimate of drug-likeness (QED) is 0.737. The molecule has 1 aromatic heterocycles. The third-order valence-corrected chi connectivity index (χ3v) is 4.79. The minimum atomic E-state index is -0.360. The highest BCUT2D eigenvalue weighted by Gasteiger charge is 2.40. The molecule has 0 bridgehead atoms. The Morgan fingerprint density at radius 2 is 2.32 bits per heavy atom. The lowest BCUT2D eigenvalue weighted by Gasteiger charge is -2.21. The Labute approximate surface area is 148 Å². The van der Waals surface area contributed by atoms with Gasteiger partial charge in [0.1, 0.15) is 6.10 Å². The zero-order chi connectivity index (χ0) is 17.9. The number of nitrogens with zero attached hydrogens (tertiary/aromatic N) is 4. The van der Waals surface area contributed by atoms with Gasteiger partial charge in [-0.15, -0.1) is 12.3 Å². The van der Waals surface area contributed by atoms with E-state index >= 15 is 0 Å². The van der Waals surface area contributed by atoms with E-state index in [1.807, 2.05) is 10.7 Å². The number of aromatic nitrogens is 2. The first-order valence-electron chi connectivity index (χ1n) is 8.86. The summed E-state index contributed by atoms with van der Waals surface area (Å²) in [5, 5.41) is 15.6. The van der Waals surface area contributed by atoms with Crippen LogP contribution in [0.1, 0.15) is 57.4 Å². The number of hydrogen-bond acceptors (Lipinski definition) is 5. The third-order valence-electron chi connectivity index (χ3n) is 4.79. The minimum absolute atomic E-state index is 0.0201. The van der Waals surface area contributed by atoms with E-state index in [1.54, 1.807) is 6.20 Å². The first kappa shape index (κ1) is 17.6. The van der Waals surface area contributed by atoms with Crippen LogP contribution in [-0.2, 0) is 9.53 Å². The average Bonchev–Trinajstić information content (AvgIpc) is 3.02. The molecule has 2 aliphatic rings. The van der Waals surface area contributed by atoms with Crippen molar-refractivity contribution in [2.75, 3.05) is 13.2 Å². The highest BCUT2D eigenvalue weighted by atomic mass is 16.5. The molecule has 0 radical (unpaired) electrons. The number of nitrogens with one attached hydrogen (secondary N) is 1. The normalized spacial score (nSPS) is 23.6. The van der Waals surface area contributed by atoms with Gasteiger partial charge in [0.2, 0.25) is 5.91 Å². The monoisotopic (exact) mass is 343 g/mol. The molecule has 1 N–H and O–H groups in total. The maximum absolute atomic E-state index is 12.6. The smallest absolute Gasteiger partial charge is 0.226 e. The van der Waals surface area contributed by atoms with Gasteiger partial charge in [0.05, 0.1) is 11.6 Å². The van der Waals surface area contributed by atoms with E-state index in [0.717, 1.165) is 18.5 Å². The second-order valence-corrected chi connectivity index (χ2v) is 6.91. The number of amides is 1. The van der Waals surface area contributed by atoms with E-state index in [-0.39, 0.29) is 29.6 Å². The lowest BCUT2D eigenvalue weighted by Crippen LogP contribution is -2.35. The van der Waals surface area contributed by atoms with Gasteiger partial charge in [-0.25, -0.2) is 0 Å². The number of carbonyl (C=O) groups is 1. The van der Waals surface area contributed by atoms with Crippen LogP contribution < -0.4 is 5.32 Å². The highest BCUT2D eigenvalue weighted by molar-refractivity contribution is 5.79. The summed E-state index contributed by atoms with van der Waals surface area (Å²) in [6.45, 7) is 5.27. The topological polar surface area (TPSA) is 80.9 Å². The number of hydrogen-bond donors (Lipinski definition) is 1. The third kappa shape index (κ3) is 3.90. The van der Waals surface area contributed by atoms with Crippen LogP contribution >= 0.6 is 0 Å². The fraction of sp³-hybridized carbons (Fsp3) is 0.667. The molecule has 1 amide bonds. The zero-order valence-corrected chi connectivity index (χ0v) is 14.8. The Balaban J connectivity index is 1.55. The van der Waals surface area contributed by atoms with Crippen molar-refractivity contribution in [3.8, 4) is 12.3 Å². The predicted octanol–water partition coefficient (Wildman–Crippen LogP) is 2.62. The second-order valence-electron chi connectivity index (χ2n) is 6.91. The van der Waals surface area contributed by atoms with E-state index in [9.17, 15) is 4.79 Å². The molecule has 25 heavy (non-hydrogen) atoms. The van der Waals surface area contributed by atoms with Crippen molar-refractivity contribution >= 4 is 5.91 Å². The van der Waals surface area contributed by atoms with Gasteiger partial charge in [0, 0.05) is 44.7 Å². The van der Waals surface area contributed by atoms with Crippen molar-refractivity contribution in [2.45, 2.75) is 57.3 Å². The average molecular weight is 343 g/mol. The SMILES string of the molecule is C#CCCC1(CCNC(=O)[C@@H]2CCO[C@H]2c2ccnn2C(C)C)N=N1.